The maximum Gasteiger partial charge on any atom is 0.126 e. The molecule has 0 saturated carbocycles. The number of rotatable bonds is 4. The van der Waals surface area contributed by atoms with E-state index in [0.717, 1.165) is 10.9 Å². The predicted octanol–water partition coefficient (Wildman–Crippen LogP) is 5.21. The van der Waals surface area contributed by atoms with Crippen LogP contribution in [0.15, 0.2) is 40.2 Å². The summed E-state index contributed by atoms with van der Waals surface area (Å²) in [6.07, 6.45) is 0.778. The first-order chi connectivity index (χ1) is 8.20. The van der Waals surface area contributed by atoms with Crippen LogP contribution in [-0.4, -0.2) is 5.88 Å². The van der Waals surface area contributed by atoms with Gasteiger partial charge in [0.2, 0.25) is 0 Å². The van der Waals surface area contributed by atoms with Crippen molar-refractivity contribution >= 4 is 38.9 Å². The molecule has 0 aliphatic carbocycles. The van der Waals surface area contributed by atoms with Gasteiger partial charge >= 0.3 is 0 Å². The molecular formula is C13H11BrClFS. The van der Waals surface area contributed by atoms with Gasteiger partial charge in [-0.15, -0.1) is 22.9 Å². The summed E-state index contributed by atoms with van der Waals surface area (Å²) in [4.78, 5) is 1.21. The van der Waals surface area contributed by atoms with E-state index in [1.807, 2.05) is 17.5 Å². The molecule has 0 saturated heterocycles. The molecular weight excluding hydrogens is 323 g/mol. The van der Waals surface area contributed by atoms with Crippen molar-refractivity contribution < 1.29 is 4.39 Å². The molecule has 1 unspecified atom stereocenters. The van der Waals surface area contributed by atoms with Crippen molar-refractivity contribution in [3.8, 4) is 0 Å². The third-order valence-electron chi connectivity index (χ3n) is 2.60. The van der Waals surface area contributed by atoms with Gasteiger partial charge in [0.25, 0.3) is 0 Å². The third kappa shape index (κ3) is 3.30. The standard InChI is InChI=1S/C13H11BrClFS/c14-10-6-11(17-8-10)5-9(7-15)12-3-1-2-4-13(12)16/h1-4,6,8-9H,5,7H2. The van der Waals surface area contributed by atoms with E-state index >= 15 is 0 Å². The first-order valence-corrected chi connectivity index (χ1v) is 7.44. The molecule has 4 heteroatoms. The van der Waals surface area contributed by atoms with Crippen LogP contribution in [0.3, 0.4) is 0 Å². The van der Waals surface area contributed by atoms with Gasteiger partial charge in [0, 0.05) is 26.5 Å². The van der Waals surface area contributed by atoms with Crippen LogP contribution in [0.5, 0.6) is 0 Å². The highest BCUT2D eigenvalue weighted by Gasteiger charge is 2.15. The molecule has 0 amide bonds. The Morgan fingerprint density at radius 1 is 1.35 bits per heavy atom. The van der Waals surface area contributed by atoms with Gasteiger partial charge in [0.15, 0.2) is 0 Å². The highest BCUT2D eigenvalue weighted by molar-refractivity contribution is 9.10. The highest BCUT2D eigenvalue weighted by Crippen LogP contribution is 2.28. The van der Waals surface area contributed by atoms with E-state index in [1.54, 1.807) is 17.4 Å². The largest absolute Gasteiger partial charge is 0.207 e. The lowest BCUT2D eigenvalue weighted by molar-refractivity contribution is 0.590. The van der Waals surface area contributed by atoms with Gasteiger partial charge < -0.3 is 0 Å². The molecule has 1 aromatic carbocycles. The summed E-state index contributed by atoms with van der Waals surface area (Å²) in [6.45, 7) is 0. The number of halogens is 3. The SMILES string of the molecule is Fc1ccccc1C(CCl)Cc1cc(Br)cs1. The quantitative estimate of drug-likeness (QED) is 0.673. The van der Waals surface area contributed by atoms with Crippen LogP contribution in [0.4, 0.5) is 4.39 Å². The minimum atomic E-state index is -0.172. The van der Waals surface area contributed by atoms with Gasteiger partial charge in [0.05, 0.1) is 0 Å². The van der Waals surface area contributed by atoms with Crippen LogP contribution in [0.25, 0.3) is 0 Å². The molecule has 0 radical (unpaired) electrons. The van der Waals surface area contributed by atoms with Gasteiger partial charge in [-0.1, -0.05) is 18.2 Å². The van der Waals surface area contributed by atoms with Crippen LogP contribution in [0.2, 0.25) is 0 Å². The average molecular weight is 334 g/mol. The number of hydrogen-bond acceptors (Lipinski definition) is 1. The van der Waals surface area contributed by atoms with Crippen molar-refractivity contribution in [2.45, 2.75) is 12.3 Å². The van der Waals surface area contributed by atoms with Crippen molar-refractivity contribution in [3.05, 3.63) is 56.4 Å². The number of benzene rings is 1. The molecule has 1 aromatic heterocycles. The van der Waals surface area contributed by atoms with E-state index in [9.17, 15) is 4.39 Å². The third-order valence-corrected chi connectivity index (χ3v) is 4.69. The Labute approximate surface area is 118 Å². The monoisotopic (exact) mass is 332 g/mol. The fraction of sp³-hybridized carbons (Fsp3) is 0.231. The van der Waals surface area contributed by atoms with Gasteiger partial charge in [-0.2, -0.15) is 0 Å². The minimum Gasteiger partial charge on any atom is -0.207 e. The van der Waals surface area contributed by atoms with E-state index < -0.39 is 0 Å². The summed E-state index contributed by atoms with van der Waals surface area (Å²) in [6, 6.07) is 8.91. The summed E-state index contributed by atoms with van der Waals surface area (Å²) >= 11 is 11.0. The molecule has 0 bridgehead atoms. The zero-order valence-corrected chi connectivity index (χ0v) is 12.2. The second kappa shape index (κ2) is 5.98. The maximum atomic E-state index is 13.7. The van der Waals surface area contributed by atoms with Gasteiger partial charge in [-0.25, -0.2) is 4.39 Å². The Morgan fingerprint density at radius 3 is 2.71 bits per heavy atom. The van der Waals surface area contributed by atoms with Crippen LogP contribution in [-0.2, 0) is 6.42 Å². The normalized spacial score (nSPS) is 12.6. The molecule has 0 aliphatic heterocycles. The van der Waals surface area contributed by atoms with Crippen molar-refractivity contribution in [2.75, 3.05) is 5.88 Å². The van der Waals surface area contributed by atoms with Crippen LogP contribution < -0.4 is 0 Å². The fourth-order valence-corrected chi connectivity index (χ4v) is 3.57. The summed E-state index contributed by atoms with van der Waals surface area (Å²) in [5.74, 6) is 0.286. The summed E-state index contributed by atoms with van der Waals surface area (Å²) in [5, 5.41) is 2.03. The molecule has 0 N–H and O–H groups in total. The van der Waals surface area contributed by atoms with Crippen molar-refractivity contribution in [2.24, 2.45) is 0 Å². The smallest absolute Gasteiger partial charge is 0.126 e. The second-order valence-electron chi connectivity index (χ2n) is 3.81. The lowest BCUT2D eigenvalue weighted by atomic mass is 9.96. The molecule has 0 spiro atoms. The zero-order valence-electron chi connectivity index (χ0n) is 9.00. The first-order valence-electron chi connectivity index (χ1n) is 5.24. The van der Waals surface area contributed by atoms with Crippen LogP contribution in [0.1, 0.15) is 16.4 Å². The fourth-order valence-electron chi connectivity index (χ4n) is 1.76. The van der Waals surface area contributed by atoms with Gasteiger partial charge in [-0.3, -0.25) is 0 Å². The molecule has 0 aliphatic rings. The Morgan fingerprint density at radius 2 is 2.12 bits per heavy atom. The molecule has 1 heterocycles. The molecule has 0 nitrogen and oxygen atoms in total. The summed E-state index contributed by atoms with van der Waals surface area (Å²) in [5.41, 5.74) is 0.701. The topological polar surface area (TPSA) is 0 Å². The molecule has 0 fully saturated rings. The number of hydrogen-bond donors (Lipinski definition) is 0. The van der Waals surface area contributed by atoms with E-state index in [0.29, 0.717) is 11.4 Å². The minimum absolute atomic E-state index is 0.0309. The molecule has 2 rings (SSSR count). The Kier molecular flexibility index (Phi) is 4.60. The van der Waals surface area contributed by atoms with Gasteiger partial charge in [0.1, 0.15) is 5.82 Å². The van der Waals surface area contributed by atoms with Crippen molar-refractivity contribution in [1.82, 2.24) is 0 Å². The summed E-state index contributed by atoms with van der Waals surface area (Å²) in [7, 11) is 0. The second-order valence-corrected chi connectivity index (χ2v) is 6.03. The zero-order chi connectivity index (χ0) is 12.3. The van der Waals surface area contributed by atoms with Gasteiger partial charge in [-0.05, 0) is 40.0 Å². The Hall–Kier alpha value is -0.380. The average Bonchev–Trinajstić information content (AvgIpc) is 2.73. The Bertz CT molecular complexity index is 498. The molecule has 90 valence electrons. The van der Waals surface area contributed by atoms with Crippen LogP contribution >= 0.6 is 38.9 Å². The van der Waals surface area contributed by atoms with E-state index in [-0.39, 0.29) is 11.7 Å². The van der Waals surface area contributed by atoms with Crippen LogP contribution in [0, 0.1) is 5.82 Å². The Balaban J connectivity index is 2.20. The first kappa shape index (κ1) is 13.1. The molecule has 1 atom stereocenters. The lowest BCUT2D eigenvalue weighted by Crippen LogP contribution is -2.06. The summed E-state index contributed by atoms with van der Waals surface area (Å²) < 4.78 is 14.7. The van der Waals surface area contributed by atoms with Crippen molar-refractivity contribution in [1.29, 1.82) is 0 Å². The number of alkyl halides is 1. The van der Waals surface area contributed by atoms with Crippen molar-refractivity contribution in [3.63, 3.8) is 0 Å². The maximum absolute atomic E-state index is 13.7. The van der Waals surface area contributed by atoms with E-state index in [1.165, 1.54) is 10.9 Å². The molecule has 2 aromatic rings. The highest BCUT2D eigenvalue weighted by atomic mass is 79.9. The predicted molar refractivity (Wildman–Crippen MR) is 75.6 cm³/mol. The lowest BCUT2D eigenvalue weighted by Gasteiger charge is -2.13. The van der Waals surface area contributed by atoms with E-state index in [4.69, 9.17) is 11.6 Å². The molecule has 17 heavy (non-hydrogen) atoms. The van der Waals surface area contributed by atoms with E-state index in [2.05, 4.69) is 22.0 Å². The number of thiophene rings is 1.